The maximum atomic E-state index is 5.67. The van der Waals surface area contributed by atoms with E-state index in [1.54, 1.807) is 0 Å². The molecule has 1 heterocycles. The molecule has 1 aliphatic rings. The van der Waals surface area contributed by atoms with Crippen LogP contribution in [0.25, 0.3) is 0 Å². The van der Waals surface area contributed by atoms with E-state index in [4.69, 9.17) is 10.5 Å². The van der Waals surface area contributed by atoms with Crippen LogP contribution in [0.5, 0.6) is 6.01 Å². The van der Waals surface area contributed by atoms with E-state index >= 15 is 0 Å². The molecule has 0 atom stereocenters. The molecular weight excluding hydrogens is 230 g/mol. The second-order valence-corrected chi connectivity index (χ2v) is 5.08. The summed E-state index contributed by atoms with van der Waals surface area (Å²) in [6.45, 7) is 6.02. The van der Waals surface area contributed by atoms with Gasteiger partial charge in [-0.15, -0.1) is 0 Å². The Bertz CT molecular complexity index is 411. The van der Waals surface area contributed by atoms with Gasteiger partial charge < -0.3 is 15.8 Å². The molecule has 6 heteroatoms. The van der Waals surface area contributed by atoms with Crippen LogP contribution < -0.4 is 15.8 Å². The number of nitrogens with one attached hydrogen (secondary N) is 1. The molecule has 100 valence electrons. The third kappa shape index (κ3) is 2.80. The molecule has 1 fully saturated rings. The van der Waals surface area contributed by atoms with Crippen molar-refractivity contribution in [2.45, 2.75) is 58.1 Å². The van der Waals surface area contributed by atoms with E-state index < -0.39 is 0 Å². The van der Waals surface area contributed by atoms with Crippen molar-refractivity contribution in [3.8, 4) is 6.01 Å². The van der Waals surface area contributed by atoms with E-state index in [2.05, 4.69) is 27.2 Å². The highest BCUT2D eigenvalue weighted by molar-refractivity contribution is 5.36. The van der Waals surface area contributed by atoms with Gasteiger partial charge in [0.2, 0.25) is 11.9 Å². The van der Waals surface area contributed by atoms with Crippen molar-refractivity contribution >= 4 is 11.9 Å². The monoisotopic (exact) mass is 251 g/mol. The average molecular weight is 251 g/mol. The van der Waals surface area contributed by atoms with Gasteiger partial charge in [0.25, 0.3) is 0 Å². The van der Waals surface area contributed by atoms with Crippen molar-refractivity contribution in [3.63, 3.8) is 0 Å². The molecule has 1 saturated carbocycles. The van der Waals surface area contributed by atoms with Gasteiger partial charge in [-0.3, -0.25) is 0 Å². The van der Waals surface area contributed by atoms with Gasteiger partial charge >= 0.3 is 6.01 Å². The Hall–Kier alpha value is -1.59. The van der Waals surface area contributed by atoms with E-state index in [-0.39, 0.29) is 23.6 Å². The molecule has 0 aliphatic heterocycles. The van der Waals surface area contributed by atoms with Crippen LogP contribution in [0.1, 0.15) is 46.5 Å². The van der Waals surface area contributed by atoms with E-state index in [9.17, 15) is 0 Å². The molecule has 0 radical (unpaired) electrons. The molecule has 0 amide bonds. The maximum Gasteiger partial charge on any atom is 0.323 e. The van der Waals surface area contributed by atoms with Gasteiger partial charge in [-0.1, -0.05) is 6.92 Å². The van der Waals surface area contributed by atoms with Crippen LogP contribution in [0.2, 0.25) is 0 Å². The predicted molar refractivity (Wildman–Crippen MR) is 70.5 cm³/mol. The minimum atomic E-state index is 0.0171. The Kier molecular flexibility index (Phi) is 3.54. The Morgan fingerprint density at radius 2 is 2.06 bits per heavy atom. The number of ether oxygens (including phenoxy) is 1. The zero-order valence-corrected chi connectivity index (χ0v) is 11.2. The third-order valence-electron chi connectivity index (χ3n) is 3.34. The van der Waals surface area contributed by atoms with Gasteiger partial charge in [0.1, 0.15) is 0 Å². The lowest BCUT2D eigenvalue weighted by atomic mass is 9.75. The second kappa shape index (κ2) is 4.96. The normalized spacial score (nSPS) is 17.3. The van der Waals surface area contributed by atoms with Crippen molar-refractivity contribution in [1.82, 2.24) is 15.0 Å². The smallest absolute Gasteiger partial charge is 0.323 e. The number of rotatable bonds is 5. The van der Waals surface area contributed by atoms with Crippen LogP contribution in [-0.2, 0) is 0 Å². The minimum Gasteiger partial charge on any atom is -0.461 e. The van der Waals surface area contributed by atoms with Crippen molar-refractivity contribution in [2.24, 2.45) is 0 Å². The fourth-order valence-electron chi connectivity index (χ4n) is 2.10. The SMILES string of the molecule is CCC1(Nc2nc(N)nc(OC(C)C)n2)CCC1. The molecule has 0 unspecified atom stereocenters. The molecule has 2 rings (SSSR count). The first-order chi connectivity index (χ1) is 8.53. The molecule has 0 bridgehead atoms. The fourth-order valence-corrected chi connectivity index (χ4v) is 2.10. The highest BCUT2D eigenvalue weighted by Gasteiger charge is 2.35. The fraction of sp³-hybridized carbons (Fsp3) is 0.750. The summed E-state index contributed by atoms with van der Waals surface area (Å²) in [5.74, 6) is 0.702. The van der Waals surface area contributed by atoms with E-state index in [1.807, 2.05) is 13.8 Å². The summed E-state index contributed by atoms with van der Waals surface area (Å²) >= 11 is 0. The Morgan fingerprint density at radius 1 is 1.33 bits per heavy atom. The second-order valence-electron chi connectivity index (χ2n) is 5.08. The molecule has 6 nitrogen and oxygen atoms in total. The zero-order valence-electron chi connectivity index (χ0n) is 11.2. The first-order valence-electron chi connectivity index (χ1n) is 6.49. The molecule has 1 aliphatic carbocycles. The first kappa shape index (κ1) is 12.9. The summed E-state index contributed by atoms with van der Waals surface area (Å²) in [6, 6.07) is 0.283. The summed E-state index contributed by atoms with van der Waals surface area (Å²) in [6.07, 6.45) is 4.61. The van der Waals surface area contributed by atoms with Crippen molar-refractivity contribution in [2.75, 3.05) is 11.1 Å². The standard InChI is InChI=1S/C12H21N5O/c1-4-12(6-5-7-12)17-10-14-9(13)15-11(16-10)18-8(2)3/h8H,4-7H2,1-3H3,(H3,13,14,15,16,17). The Balaban J connectivity index is 2.14. The number of nitrogens with zero attached hydrogens (tertiary/aromatic N) is 3. The highest BCUT2D eigenvalue weighted by atomic mass is 16.5. The molecule has 1 aromatic heterocycles. The lowest BCUT2D eigenvalue weighted by molar-refractivity contribution is 0.221. The van der Waals surface area contributed by atoms with Crippen LogP contribution in [0.4, 0.5) is 11.9 Å². The van der Waals surface area contributed by atoms with Crippen molar-refractivity contribution in [3.05, 3.63) is 0 Å². The molecule has 0 aromatic carbocycles. The van der Waals surface area contributed by atoms with Gasteiger partial charge in [-0.25, -0.2) is 0 Å². The number of hydrogen-bond donors (Lipinski definition) is 2. The number of anilines is 2. The van der Waals surface area contributed by atoms with Gasteiger partial charge in [0, 0.05) is 5.54 Å². The lowest BCUT2D eigenvalue weighted by Gasteiger charge is -2.41. The Morgan fingerprint density at radius 3 is 2.56 bits per heavy atom. The Labute approximate surface area is 107 Å². The third-order valence-corrected chi connectivity index (χ3v) is 3.34. The summed E-state index contributed by atoms with van der Waals surface area (Å²) < 4.78 is 5.45. The number of hydrogen-bond acceptors (Lipinski definition) is 6. The number of aromatic nitrogens is 3. The van der Waals surface area contributed by atoms with Crippen molar-refractivity contribution in [1.29, 1.82) is 0 Å². The maximum absolute atomic E-state index is 5.67. The van der Waals surface area contributed by atoms with Crippen LogP contribution in [0.15, 0.2) is 0 Å². The van der Waals surface area contributed by atoms with Crippen LogP contribution in [-0.4, -0.2) is 26.6 Å². The van der Waals surface area contributed by atoms with Gasteiger partial charge in [-0.05, 0) is 39.5 Å². The minimum absolute atomic E-state index is 0.0171. The number of nitrogens with two attached hydrogens (primary N) is 1. The quantitative estimate of drug-likeness (QED) is 0.832. The summed E-state index contributed by atoms with van der Waals surface area (Å²) in [5, 5.41) is 3.37. The molecule has 3 N–H and O–H groups in total. The van der Waals surface area contributed by atoms with Gasteiger partial charge in [0.15, 0.2) is 0 Å². The van der Waals surface area contributed by atoms with E-state index in [0.717, 1.165) is 19.3 Å². The summed E-state index contributed by atoms with van der Waals surface area (Å²) in [5.41, 5.74) is 5.80. The molecule has 1 aromatic rings. The summed E-state index contributed by atoms with van der Waals surface area (Å²) in [4.78, 5) is 12.3. The lowest BCUT2D eigenvalue weighted by Crippen LogP contribution is -2.44. The zero-order chi connectivity index (χ0) is 13.2. The summed E-state index contributed by atoms with van der Waals surface area (Å²) in [7, 11) is 0. The van der Waals surface area contributed by atoms with Crippen LogP contribution in [0, 0.1) is 0 Å². The molecule has 18 heavy (non-hydrogen) atoms. The van der Waals surface area contributed by atoms with Crippen molar-refractivity contribution < 1.29 is 4.74 Å². The predicted octanol–water partition coefficient (Wildman–Crippen LogP) is 1.99. The van der Waals surface area contributed by atoms with Gasteiger partial charge in [-0.2, -0.15) is 15.0 Å². The molecule has 0 spiro atoms. The average Bonchev–Trinajstić information content (AvgIpc) is 2.21. The molecular formula is C12H21N5O. The number of nitrogen functional groups attached to an aromatic ring is 1. The van der Waals surface area contributed by atoms with Crippen LogP contribution >= 0.6 is 0 Å². The highest BCUT2D eigenvalue weighted by Crippen LogP contribution is 2.37. The van der Waals surface area contributed by atoms with Gasteiger partial charge in [0.05, 0.1) is 6.10 Å². The first-order valence-corrected chi connectivity index (χ1v) is 6.49. The van der Waals surface area contributed by atoms with E-state index in [1.165, 1.54) is 6.42 Å². The largest absolute Gasteiger partial charge is 0.461 e. The molecule has 0 saturated heterocycles. The van der Waals surface area contributed by atoms with E-state index in [0.29, 0.717) is 5.95 Å². The topological polar surface area (TPSA) is 86.0 Å². The van der Waals surface area contributed by atoms with Crippen LogP contribution in [0.3, 0.4) is 0 Å².